The van der Waals surface area contributed by atoms with Crippen molar-refractivity contribution in [3.05, 3.63) is 52.4 Å². The lowest BCUT2D eigenvalue weighted by molar-refractivity contribution is -0.134. The second-order valence-corrected chi connectivity index (χ2v) is 7.00. The minimum atomic E-state index is -0.955. The van der Waals surface area contributed by atoms with Crippen molar-refractivity contribution >= 4 is 17.5 Å². The van der Waals surface area contributed by atoms with Crippen LogP contribution < -0.4 is 5.32 Å². The molecule has 0 saturated carbocycles. The number of hydrogen-bond donors (Lipinski definition) is 3. The van der Waals surface area contributed by atoms with Gasteiger partial charge in [0, 0.05) is 24.2 Å². The van der Waals surface area contributed by atoms with E-state index in [-0.39, 0.29) is 18.9 Å². The Balaban J connectivity index is 1.60. The third-order valence-electron chi connectivity index (χ3n) is 4.44. The van der Waals surface area contributed by atoms with Gasteiger partial charge in [0.15, 0.2) is 0 Å². The lowest BCUT2D eigenvalue weighted by atomic mass is 10.1. The highest BCUT2D eigenvalue weighted by atomic mass is 35.5. The van der Waals surface area contributed by atoms with Crippen LogP contribution in [0.3, 0.4) is 0 Å². The van der Waals surface area contributed by atoms with Crippen LogP contribution in [0.4, 0.5) is 0 Å². The minimum absolute atomic E-state index is 0.0496. The van der Waals surface area contributed by atoms with Crippen molar-refractivity contribution in [3.63, 3.8) is 0 Å². The summed E-state index contributed by atoms with van der Waals surface area (Å²) >= 11 is 5.86. The van der Waals surface area contributed by atoms with Gasteiger partial charge in [-0.15, -0.1) is 0 Å². The van der Waals surface area contributed by atoms with E-state index in [9.17, 15) is 15.0 Å². The number of likely N-dealkylation sites (tertiary alicyclic amines) is 1. The highest BCUT2D eigenvalue weighted by Crippen LogP contribution is 2.22. The van der Waals surface area contributed by atoms with Crippen molar-refractivity contribution in [2.75, 3.05) is 6.54 Å². The zero-order valence-corrected chi connectivity index (χ0v) is 15.2. The molecule has 26 heavy (non-hydrogen) atoms. The van der Waals surface area contributed by atoms with Crippen molar-refractivity contribution in [1.29, 1.82) is 0 Å². The standard InChI is InChI=1S/C18H22ClN3O4/c1-11-6-15(26-21-11)8-17(24)22-10-14(23)7-16(22)18(25)20-9-12-2-4-13(19)5-3-12/h2-6,14,16,18,20,23,25H,7-10H2,1H3/t14-,16+,18?/m1/s1. The lowest BCUT2D eigenvalue weighted by Crippen LogP contribution is -2.49. The average Bonchev–Trinajstić information content (AvgIpc) is 3.19. The summed E-state index contributed by atoms with van der Waals surface area (Å²) in [5.41, 5.74) is 1.66. The molecule has 3 rings (SSSR count). The summed E-state index contributed by atoms with van der Waals surface area (Å²) in [5, 5.41) is 27.9. The smallest absolute Gasteiger partial charge is 0.230 e. The fraction of sp³-hybridized carbons (Fsp3) is 0.444. The highest BCUT2D eigenvalue weighted by molar-refractivity contribution is 6.30. The topological polar surface area (TPSA) is 98.8 Å². The van der Waals surface area contributed by atoms with Crippen LogP contribution in [0.15, 0.2) is 34.9 Å². The quantitative estimate of drug-likeness (QED) is 0.653. The maximum atomic E-state index is 12.6. The first-order valence-corrected chi connectivity index (χ1v) is 8.86. The van der Waals surface area contributed by atoms with Crippen molar-refractivity contribution in [3.8, 4) is 0 Å². The number of halogens is 1. The molecule has 140 valence electrons. The van der Waals surface area contributed by atoms with Crippen LogP contribution in [0.2, 0.25) is 5.02 Å². The fourth-order valence-corrected chi connectivity index (χ4v) is 3.27. The molecular weight excluding hydrogens is 358 g/mol. The van der Waals surface area contributed by atoms with E-state index < -0.39 is 18.4 Å². The summed E-state index contributed by atoms with van der Waals surface area (Å²) in [6.45, 7) is 2.40. The Bertz CT molecular complexity index is 749. The van der Waals surface area contributed by atoms with Crippen LogP contribution in [0, 0.1) is 6.92 Å². The molecular formula is C18H22ClN3O4. The van der Waals surface area contributed by atoms with Gasteiger partial charge in [-0.1, -0.05) is 28.9 Å². The highest BCUT2D eigenvalue weighted by Gasteiger charge is 2.38. The number of aliphatic hydroxyl groups is 2. The molecule has 1 aliphatic heterocycles. The van der Waals surface area contributed by atoms with Gasteiger partial charge < -0.3 is 19.6 Å². The third kappa shape index (κ3) is 4.62. The summed E-state index contributed by atoms with van der Waals surface area (Å²) in [4.78, 5) is 14.1. The summed E-state index contributed by atoms with van der Waals surface area (Å²) in [7, 11) is 0. The van der Waals surface area contributed by atoms with Crippen LogP contribution in [-0.2, 0) is 17.8 Å². The number of hydrogen-bond acceptors (Lipinski definition) is 6. The zero-order valence-electron chi connectivity index (χ0n) is 14.4. The second-order valence-electron chi connectivity index (χ2n) is 6.57. The summed E-state index contributed by atoms with van der Waals surface area (Å²) in [5.74, 6) is 0.256. The van der Waals surface area contributed by atoms with Gasteiger partial charge in [-0.2, -0.15) is 0 Å². The van der Waals surface area contributed by atoms with E-state index in [1.807, 2.05) is 12.1 Å². The SMILES string of the molecule is Cc1cc(CC(=O)N2C[C@H](O)C[C@H]2C(O)NCc2ccc(Cl)cc2)on1. The Morgan fingerprint density at radius 3 is 2.85 bits per heavy atom. The minimum Gasteiger partial charge on any atom is -0.391 e. The van der Waals surface area contributed by atoms with Gasteiger partial charge in [-0.3, -0.25) is 10.1 Å². The van der Waals surface area contributed by atoms with E-state index >= 15 is 0 Å². The largest absolute Gasteiger partial charge is 0.391 e. The number of nitrogens with one attached hydrogen (secondary N) is 1. The molecule has 0 bridgehead atoms. The van der Waals surface area contributed by atoms with Crippen molar-refractivity contribution in [2.24, 2.45) is 0 Å². The summed E-state index contributed by atoms with van der Waals surface area (Å²) in [6.07, 6.45) is -1.25. The van der Waals surface area contributed by atoms with E-state index in [2.05, 4.69) is 10.5 Å². The zero-order chi connectivity index (χ0) is 18.7. The number of nitrogens with zero attached hydrogens (tertiary/aromatic N) is 2. The molecule has 7 nitrogen and oxygen atoms in total. The number of benzene rings is 1. The molecule has 2 aromatic rings. The van der Waals surface area contributed by atoms with Gasteiger partial charge in [0.25, 0.3) is 0 Å². The Labute approximate surface area is 156 Å². The number of aliphatic hydroxyl groups excluding tert-OH is 2. The monoisotopic (exact) mass is 379 g/mol. The van der Waals surface area contributed by atoms with Crippen molar-refractivity contribution in [1.82, 2.24) is 15.4 Å². The summed E-state index contributed by atoms with van der Waals surface area (Å²) in [6, 6.07) is 8.48. The average molecular weight is 380 g/mol. The molecule has 2 heterocycles. The lowest BCUT2D eigenvalue weighted by Gasteiger charge is -2.28. The molecule has 1 aliphatic rings. The Morgan fingerprint density at radius 2 is 2.19 bits per heavy atom. The Morgan fingerprint density at radius 1 is 1.46 bits per heavy atom. The molecule has 3 atom stereocenters. The molecule has 1 aromatic carbocycles. The van der Waals surface area contributed by atoms with Gasteiger partial charge >= 0.3 is 0 Å². The predicted octanol–water partition coefficient (Wildman–Crippen LogP) is 1.25. The molecule has 0 radical (unpaired) electrons. The van der Waals surface area contributed by atoms with Crippen LogP contribution >= 0.6 is 11.6 Å². The normalized spacial score (nSPS) is 21.2. The molecule has 1 fully saturated rings. The first-order chi connectivity index (χ1) is 12.4. The molecule has 3 N–H and O–H groups in total. The first-order valence-electron chi connectivity index (χ1n) is 8.48. The van der Waals surface area contributed by atoms with Gasteiger partial charge in [0.2, 0.25) is 5.91 Å². The van der Waals surface area contributed by atoms with Crippen molar-refractivity contribution < 1.29 is 19.5 Å². The number of amides is 1. The third-order valence-corrected chi connectivity index (χ3v) is 4.69. The van der Waals surface area contributed by atoms with Crippen molar-refractivity contribution in [2.45, 2.75) is 44.7 Å². The maximum absolute atomic E-state index is 12.6. The van der Waals surface area contributed by atoms with E-state index in [0.717, 1.165) is 5.56 Å². The molecule has 1 saturated heterocycles. The molecule has 8 heteroatoms. The van der Waals surface area contributed by atoms with E-state index in [0.29, 0.717) is 29.4 Å². The molecule has 0 aliphatic carbocycles. The van der Waals surface area contributed by atoms with Gasteiger partial charge in [-0.25, -0.2) is 0 Å². The number of aromatic nitrogens is 1. The van der Waals surface area contributed by atoms with Gasteiger partial charge in [0.05, 0.1) is 24.3 Å². The van der Waals surface area contributed by atoms with Crippen LogP contribution in [0.25, 0.3) is 0 Å². The Hall–Kier alpha value is -1.93. The number of rotatable bonds is 6. The van der Waals surface area contributed by atoms with E-state index in [4.69, 9.17) is 16.1 Å². The van der Waals surface area contributed by atoms with Gasteiger partial charge in [-0.05, 0) is 31.0 Å². The molecule has 1 unspecified atom stereocenters. The van der Waals surface area contributed by atoms with Crippen LogP contribution in [-0.4, -0.2) is 51.1 Å². The predicted molar refractivity (Wildman–Crippen MR) is 95.4 cm³/mol. The molecule has 1 aromatic heterocycles. The first kappa shape index (κ1) is 18.8. The number of carbonyl (C=O) groups excluding carboxylic acids is 1. The maximum Gasteiger partial charge on any atom is 0.230 e. The number of β-amino-alcohol motifs (C(OH)–C–C–N with tert-alkyl or cyclic N) is 1. The molecule has 1 amide bonds. The number of carbonyl (C=O) groups is 1. The van der Waals surface area contributed by atoms with Crippen LogP contribution in [0.5, 0.6) is 0 Å². The number of aryl methyl sites for hydroxylation is 1. The summed E-state index contributed by atoms with van der Waals surface area (Å²) < 4.78 is 5.08. The fourth-order valence-electron chi connectivity index (χ4n) is 3.14. The van der Waals surface area contributed by atoms with Gasteiger partial charge in [0.1, 0.15) is 12.0 Å². The Kier molecular flexibility index (Phi) is 5.93. The molecule has 0 spiro atoms. The van der Waals surface area contributed by atoms with Crippen LogP contribution in [0.1, 0.15) is 23.4 Å². The van der Waals surface area contributed by atoms with E-state index in [1.54, 1.807) is 25.1 Å². The van der Waals surface area contributed by atoms with E-state index in [1.165, 1.54) is 4.90 Å². The second kappa shape index (κ2) is 8.18.